The van der Waals surface area contributed by atoms with Gasteiger partial charge in [-0.05, 0) is 46.6 Å². The molecule has 0 radical (unpaired) electrons. The van der Waals surface area contributed by atoms with Gasteiger partial charge < -0.3 is 0 Å². The van der Waals surface area contributed by atoms with Gasteiger partial charge in [0.05, 0.1) is 0 Å². The molecule has 0 amide bonds. The van der Waals surface area contributed by atoms with E-state index in [1.165, 1.54) is 29.2 Å². The van der Waals surface area contributed by atoms with Crippen molar-refractivity contribution in [3.8, 4) is 0 Å². The Morgan fingerprint density at radius 1 is 0.789 bits per heavy atom. The van der Waals surface area contributed by atoms with Crippen LogP contribution in [-0.4, -0.2) is 0 Å². The molecule has 2 aromatic rings. The topological polar surface area (TPSA) is 0 Å². The van der Waals surface area contributed by atoms with Crippen molar-refractivity contribution in [3.63, 3.8) is 0 Å². The molecular weight excluding hydrogens is 239 g/mol. The van der Waals surface area contributed by atoms with Crippen molar-refractivity contribution >= 4 is 10.8 Å². The van der Waals surface area contributed by atoms with E-state index in [4.69, 9.17) is 0 Å². The third-order valence-electron chi connectivity index (χ3n) is 3.38. The SMILES string of the molecule is CC(C)Cc1ccc2ccccc2c1CC(C)C.[Na+]. The summed E-state index contributed by atoms with van der Waals surface area (Å²) in [6.45, 7) is 9.21. The number of benzene rings is 2. The standard InChI is InChI=1S/C18H24.Na/c1-13(2)11-16-10-9-15-7-5-6-8-17(15)18(16)12-14(3)4;/h5-10,13-14H,11-12H2,1-4H3;/q;+1. The quantitative estimate of drug-likeness (QED) is 0.742. The molecule has 0 aromatic heterocycles. The molecule has 0 saturated heterocycles. The third-order valence-corrected chi connectivity index (χ3v) is 3.38. The molecule has 0 N–H and O–H groups in total. The normalized spacial score (nSPS) is 11.1. The summed E-state index contributed by atoms with van der Waals surface area (Å²) in [5.41, 5.74) is 3.11. The van der Waals surface area contributed by atoms with Crippen LogP contribution in [0.4, 0.5) is 0 Å². The molecule has 0 fully saturated rings. The fourth-order valence-corrected chi connectivity index (χ4v) is 2.66. The molecule has 0 spiro atoms. The molecular formula is C18H24Na+. The first kappa shape index (κ1) is 16.8. The predicted molar refractivity (Wildman–Crippen MR) is 81.0 cm³/mol. The molecule has 0 atom stereocenters. The minimum absolute atomic E-state index is 0. The Hall–Kier alpha value is -0.300. The molecule has 19 heavy (non-hydrogen) atoms. The first-order valence-corrected chi connectivity index (χ1v) is 7.07. The fraction of sp³-hybridized carbons (Fsp3) is 0.444. The van der Waals surface area contributed by atoms with Gasteiger partial charge in [-0.3, -0.25) is 0 Å². The summed E-state index contributed by atoms with van der Waals surface area (Å²) in [7, 11) is 0. The van der Waals surface area contributed by atoms with Gasteiger partial charge in [-0.2, -0.15) is 0 Å². The zero-order valence-corrected chi connectivity index (χ0v) is 15.0. The van der Waals surface area contributed by atoms with Gasteiger partial charge in [0, 0.05) is 0 Å². The van der Waals surface area contributed by atoms with E-state index in [0.717, 1.165) is 5.92 Å². The molecule has 0 unspecified atom stereocenters. The Bertz CT molecular complexity index is 526. The summed E-state index contributed by atoms with van der Waals surface area (Å²) >= 11 is 0. The molecule has 0 bridgehead atoms. The minimum atomic E-state index is 0. The number of rotatable bonds is 4. The van der Waals surface area contributed by atoms with Gasteiger partial charge in [0.25, 0.3) is 0 Å². The third kappa shape index (κ3) is 4.34. The first-order valence-electron chi connectivity index (χ1n) is 7.07. The van der Waals surface area contributed by atoms with E-state index >= 15 is 0 Å². The summed E-state index contributed by atoms with van der Waals surface area (Å²) in [5.74, 6) is 1.43. The zero-order valence-electron chi connectivity index (χ0n) is 13.0. The van der Waals surface area contributed by atoms with Crippen molar-refractivity contribution in [2.24, 2.45) is 11.8 Å². The van der Waals surface area contributed by atoms with E-state index < -0.39 is 0 Å². The van der Waals surface area contributed by atoms with Crippen LogP contribution in [0.2, 0.25) is 0 Å². The van der Waals surface area contributed by atoms with Crippen LogP contribution in [0.1, 0.15) is 38.8 Å². The van der Waals surface area contributed by atoms with Gasteiger partial charge in [-0.1, -0.05) is 64.1 Å². The van der Waals surface area contributed by atoms with E-state index in [-0.39, 0.29) is 29.6 Å². The summed E-state index contributed by atoms with van der Waals surface area (Å²) in [5, 5.41) is 2.82. The number of fused-ring (bicyclic) bond motifs is 1. The first-order chi connectivity index (χ1) is 8.58. The van der Waals surface area contributed by atoms with Crippen LogP contribution in [0.5, 0.6) is 0 Å². The minimum Gasteiger partial charge on any atom is -0.0625 e. The van der Waals surface area contributed by atoms with Gasteiger partial charge in [0.1, 0.15) is 0 Å². The van der Waals surface area contributed by atoms with Crippen molar-refractivity contribution in [2.45, 2.75) is 40.5 Å². The Balaban J connectivity index is 0.00000180. The molecule has 1 heteroatoms. The Kier molecular flexibility index (Phi) is 6.59. The van der Waals surface area contributed by atoms with Crippen LogP contribution in [-0.2, 0) is 12.8 Å². The van der Waals surface area contributed by atoms with Crippen LogP contribution in [0.25, 0.3) is 10.8 Å². The molecule has 0 aliphatic carbocycles. The molecule has 0 aliphatic heterocycles. The second-order valence-electron chi connectivity index (χ2n) is 6.12. The maximum Gasteiger partial charge on any atom is 1.00 e. The van der Waals surface area contributed by atoms with Crippen LogP contribution >= 0.6 is 0 Å². The predicted octanol–water partition coefficient (Wildman–Crippen LogP) is 2.24. The second kappa shape index (κ2) is 7.47. The van der Waals surface area contributed by atoms with Crippen LogP contribution in [0.15, 0.2) is 36.4 Å². The molecule has 0 aliphatic rings. The monoisotopic (exact) mass is 263 g/mol. The van der Waals surface area contributed by atoms with Crippen molar-refractivity contribution in [1.29, 1.82) is 0 Å². The van der Waals surface area contributed by atoms with Gasteiger partial charge in [-0.25, -0.2) is 0 Å². The van der Waals surface area contributed by atoms with Gasteiger partial charge in [0.15, 0.2) is 0 Å². The average Bonchev–Trinajstić information content (AvgIpc) is 2.31. The smallest absolute Gasteiger partial charge is 0.0625 e. The maximum absolute atomic E-state index is 2.33. The van der Waals surface area contributed by atoms with Gasteiger partial charge in [0.2, 0.25) is 0 Å². The summed E-state index contributed by atoms with van der Waals surface area (Å²) in [6.07, 6.45) is 2.37. The van der Waals surface area contributed by atoms with Gasteiger partial charge in [-0.15, -0.1) is 0 Å². The Morgan fingerprint density at radius 2 is 1.42 bits per heavy atom. The molecule has 2 aromatic carbocycles. The van der Waals surface area contributed by atoms with Crippen molar-refractivity contribution in [3.05, 3.63) is 47.5 Å². The average molecular weight is 263 g/mol. The molecule has 2 rings (SSSR count). The summed E-state index contributed by atoms with van der Waals surface area (Å²) in [4.78, 5) is 0. The molecule has 0 saturated carbocycles. The number of hydrogen-bond donors (Lipinski definition) is 0. The molecule has 0 heterocycles. The van der Waals surface area contributed by atoms with Crippen LogP contribution in [0, 0.1) is 11.8 Å². The maximum atomic E-state index is 2.33. The zero-order chi connectivity index (χ0) is 13.1. The van der Waals surface area contributed by atoms with Crippen molar-refractivity contribution in [2.75, 3.05) is 0 Å². The van der Waals surface area contributed by atoms with E-state index in [2.05, 4.69) is 64.1 Å². The van der Waals surface area contributed by atoms with Crippen molar-refractivity contribution in [1.82, 2.24) is 0 Å². The fourth-order valence-electron chi connectivity index (χ4n) is 2.66. The van der Waals surface area contributed by atoms with E-state index in [1.54, 1.807) is 5.56 Å². The molecule has 0 nitrogen and oxygen atoms in total. The van der Waals surface area contributed by atoms with E-state index in [9.17, 15) is 0 Å². The largest absolute Gasteiger partial charge is 1.00 e. The number of hydrogen-bond acceptors (Lipinski definition) is 0. The van der Waals surface area contributed by atoms with Crippen LogP contribution in [0.3, 0.4) is 0 Å². The Morgan fingerprint density at radius 3 is 2.05 bits per heavy atom. The van der Waals surface area contributed by atoms with E-state index in [0.29, 0.717) is 5.92 Å². The molecule has 96 valence electrons. The summed E-state index contributed by atoms with van der Waals surface area (Å²) < 4.78 is 0. The Labute approximate surface area is 139 Å². The van der Waals surface area contributed by atoms with Crippen molar-refractivity contribution < 1.29 is 29.6 Å². The second-order valence-corrected chi connectivity index (χ2v) is 6.12. The summed E-state index contributed by atoms with van der Waals surface area (Å²) in [6, 6.07) is 13.4. The van der Waals surface area contributed by atoms with E-state index in [1.807, 2.05) is 0 Å². The van der Waals surface area contributed by atoms with Crippen LogP contribution < -0.4 is 29.6 Å². The van der Waals surface area contributed by atoms with Gasteiger partial charge >= 0.3 is 29.6 Å².